The van der Waals surface area contributed by atoms with Gasteiger partial charge in [-0.1, -0.05) is 24.3 Å². The Morgan fingerprint density at radius 1 is 1.17 bits per heavy atom. The minimum Gasteiger partial charge on any atom is -0.337 e. The van der Waals surface area contributed by atoms with Crippen LogP contribution in [0.15, 0.2) is 47.3 Å². The van der Waals surface area contributed by atoms with Crippen LogP contribution in [0, 0.1) is 11.7 Å². The summed E-state index contributed by atoms with van der Waals surface area (Å²) >= 11 is 4.98. The van der Waals surface area contributed by atoms with Gasteiger partial charge >= 0.3 is 0 Å². The minimum absolute atomic E-state index is 0.111. The summed E-state index contributed by atoms with van der Waals surface area (Å²) < 4.78 is 0.241. The number of aromatic nitrogens is 2. The number of nitrogens with zero attached hydrogens (tertiary/aromatic N) is 1. The molecular formula is C18H17N3O2S. The normalized spacial score (nSPS) is 10.8. The maximum absolute atomic E-state index is 12.7. The van der Waals surface area contributed by atoms with Gasteiger partial charge in [0.25, 0.3) is 11.5 Å². The highest BCUT2D eigenvalue weighted by Gasteiger charge is 2.14. The Hall–Kier alpha value is -2.73. The van der Waals surface area contributed by atoms with Gasteiger partial charge in [0.2, 0.25) is 0 Å². The summed E-state index contributed by atoms with van der Waals surface area (Å²) in [6.45, 7) is 2.55. The number of hydrogen-bond acceptors (Lipinski definition) is 3. The Morgan fingerprint density at radius 3 is 2.67 bits per heavy atom. The second-order valence-electron chi connectivity index (χ2n) is 5.76. The third kappa shape index (κ3) is 3.14. The van der Waals surface area contributed by atoms with E-state index in [2.05, 4.69) is 9.97 Å². The summed E-state index contributed by atoms with van der Waals surface area (Å²) in [5, 5.41) is 0.474. The Kier molecular flexibility index (Phi) is 4.31. The molecule has 0 aliphatic carbocycles. The van der Waals surface area contributed by atoms with Gasteiger partial charge in [-0.3, -0.25) is 14.6 Å². The molecule has 24 heavy (non-hydrogen) atoms. The van der Waals surface area contributed by atoms with E-state index in [1.165, 1.54) is 0 Å². The molecular weight excluding hydrogens is 322 g/mol. The van der Waals surface area contributed by atoms with Gasteiger partial charge in [0.1, 0.15) is 0 Å². The maximum atomic E-state index is 12.7. The van der Waals surface area contributed by atoms with E-state index in [1.54, 1.807) is 30.1 Å². The molecule has 0 radical (unpaired) electrons. The summed E-state index contributed by atoms with van der Waals surface area (Å²) in [4.78, 5) is 31.6. The van der Waals surface area contributed by atoms with Gasteiger partial charge in [0.05, 0.1) is 10.9 Å². The van der Waals surface area contributed by atoms with Crippen molar-refractivity contribution in [1.82, 2.24) is 14.9 Å². The van der Waals surface area contributed by atoms with E-state index < -0.39 is 0 Å². The van der Waals surface area contributed by atoms with Gasteiger partial charge in [-0.05, 0) is 48.5 Å². The van der Waals surface area contributed by atoms with Crippen molar-refractivity contribution in [2.45, 2.75) is 13.5 Å². The number of fused-ring (bicyclic) bond motifs is 1. The molecule has 2 N–H and O–H groups in total. The monoisotopic (exact) mass is 339 g/mol. The van der Waals surface area contributed by atoms with Crippen LogP contribution in [0.1, 0.15) is 21.5 Å². The van der Waals surface area contributed by atoms with E-state index in [0.29, 0.717) is 23.0 Å². The van der Waals surface area contributed by atoms with Crippen LogP contribution in [-0.4, -0.2) is 27.8 Å². The molecule has 0 saturated carbocycles. The zero-order chi connectivity index (χ0) is 17.3. The first-order valence-electron chi connectivity index (χ1n) is 7.52. The van der Waals surface area contributed by atoms with E-state index in [1.807, 2.05) is 31.2 Å². The smallest absolute Gasteiger partial charge is 0.259 e. The quantitative estimate of drug-likeness (QED) is 0.720. The van der Waals surface area contributed by atoms with Gasteiger partial charge in [0.15, 0.2) is 4.77 Å². The molecule has 0 spiro atoms. The number of aryl methyl sites for hydroxylation is 1. The molecule has 0 saturated heterocycles. The number of rotatable bonds is 3. The Balaban J connectivity index is 1.92. The average molecular weight is 339 g/mol. The van der Waals surface area contributed by atoms with Crippen molar-refractivity contribution in [2.75, 3.05) is 7.05 Å². The predicted molar refractivity (Wildman–Crippen MR) is 96.7 cm³/mol. The summed E-state index contributed by atoms with van der Waals surface area (Å²) in [7, 11) is 1.76. The van der Waals surface area contributed by atoms with Gasteiger partial charge in [-0.25, -0.2) is 0 Å². The molecule has 3 aromatic rings. The van der Waals surface area contributed by atoms with Crippen LogP contribution in [0.25, 0.3) is 10.9 Å². The molecule has 122 valence electrons. The van der Waals surface area contributed by atoms with Crippen LogP contribution in [0.2, 0.25) is 0 Å². The van der Waals surface area contributed by atoms with Crippen molar-refractivity contribution in [1.29, 1.82) is 0 Å². The van der Waals surface area contributed by atoms with Crippen LogP contribution in [0.4, 0.5) is 0 Å². The van der Waals surface area contributed by atoms with E-state index in [-0.39, 0.29) is 16.2 Å². The summed E-state index contributed by atoms with van der Waals surface area (Å²) in [5.74, 6) is -0.111. The second-order valence-corrected chi connectivity index (χ2v) is 6.16. The highest BCUT2D eigenvalue weighted by atomic mass is 32.1. The lowest BCUT2D eigenvalue weighted by atomic mass is 10.1. The van der Waals surface area contributed by atoms with E-state index >= 15 is 0 Å². The molecule has 0 aliphatic rings. The van der Waals surface area contributed by atoms with Crippen LogP contribution < -0.4 is 5.56 Å². The van der Waals surface area contributed by atoms with Gasteiger partial charge < -0.3 is 9.88 Å². The number of amides is 1. The second kappa shape index (κ2) is 6.41. The molecule has 0 bridgehead atoms. The first-order chi connectivity index (χ1) is 11.5. The number of H-pyrrole nitrogens is 2. The molecule has 2 aromatic carbocycles. The number of nitrogens with one attached hydrogen (secondary N) is 2. The minimum atomic E-state index is -0.263. The molecule has 0 atom stereocenters. The highest BCUT2D eigenvalue weighted by molar-refractivity contribution is 7.71. The standard InChI is InChI=1S/C18H17N3O2S/c1-11-5-3-4-6-13(11)10-21(2)17(23)12-7-8-14-15(9-12)19-18(24)20-16(14)22/h3-9H,10H2,1-2H3,(H2,19,20,22,24). The van der Waals surface area contributed by atoms with Gasteiger partial charge in [-0.2, -0.15) is 0 Å². The van der Waals surface area contributed by atoms with Crippen molar-refractivity contribution < 1.29 is 4.79 Å². The first-order valence-corrected chi connectivity index (χ1v) is 7.93. The van der Waals surface area contributed by atoms with Crippen molar-refractivity contribution in [2.24, 2.45) is 0 Å². The third-order valence-corrected chi connectivity index (χ3v) is 4.21. The van der Waals surface area contributed by atoms with Crippen molar-refractivity contribution in [3.05, 3.63) is 74.3 Å². The lowest BCUT2D eigenvalue weighted by Gasteiger charge is -2.18. The zero-order valence-corrected chi connectivity index (χ0v) is 14.2. The Bertz CT molecular complexity index is 1040. The Morgan fingerprint density at radius 2 is 1.92 bits per heavy atom. The maximum Gasteiger partial charge on any atom is 0.259 e. The largest absolute Gasteiger partial charge is 0.337 e. The van der Waals surface area contributed by atoms with Gasteiger partial charge in [0, 0.05) is 19.2 Å². The van der Waals surface area contributed by atoms with Crippen LogP contribution in [0.3, 0.4) is 0 Å². The third-order valence-electron chi connectivity index (χ3n) is 4.00. The van der Waals surface area contributed by atoms with Crippen LogP contribution in [-0.2, 0) is 6.54 Å². The first kappa shape index (κ1) is 16.1. The fourth-order valence-electron chi connectivity index (χ4n) is 2.64. The fourth-order valence-corrected chi connectivity index (χ4v) is 2.84. The SMILES string of the molecule is Cc1ccccc1CN(C)C(=O)c1ccc2c(=O)[nH]c(=S)[nH]c2c1. The number of hydrogen-bond donors (Lipinski definition) is 2. The summed E-state index contributed by atoms with van der Waals surface area (Å²) in [6.07, 6.45) is 0. The molecule has 0 aliphatic heterocycles. The molecule has 5 nitrogen and oxygen atoms in total. The summed E-state index contributed by atoms with van der Waals surface area (Å²) in [6, 6.07) is 12.9. The molecule has 3 rings (SSSR count). The lowest BCUT2D eigenvalue weighted by molar-refractivity contribution is 0.0785. The van der Waals surface area contributed by atoms with E-state index in [4.69, 9.17) is 12.2 Å². The zero-order valence-electron chi connectivity index (χ0n) is 13.4. The van der Waals surface area contributed by atoms with Crippen molar-refractivity contribution >= 4 is 29.0 Å². The molecule has 1 amide bonds. The highest BCUT2D eigenvalue weighted by Crippen LogP contribution is 2.15. The van der Waals surface area contributed by atoms with Crippen LogP contribution in [0.5, 0.6) is 0 Å². The Labute approximate surface area is 144 Å². The van der Waals surface area contributed by atoms with Gasteiger partial charge in [-0.15, -0.1) is 0 Å². The topological polar surface area (TPSA) is 69.0 Å². The number of carbonyl (C=O) groups excluding carboxylic acids is 1. The predicted octanol–water partition coefficient (Wildman–Crippen LogP) is 3.17. The average Bonchev–Trinajstić information content (AvgIpc) is 2.55. The van der Waals surface area contributed by atoms with E-state index in [0.717, 1.165) is 11.1 Å². The molecule has 1 aromatic heterocycles. The lowest BCUT2D eigenvalue weighted by Crippen LogP contribution is -2.26. The van der Waals surface area contributed by atoms with Crippen molar-refractivity contribution in [3.8, 4) is 0 Å². The van der Waals surface area contributed by atoms with Crippen LogP contribution >= 0.6 is 12.2 Å². The summed E-state index contributed by atoms with van der Waals surface area (Å²) in [5.41, 5.74) is 3.05. The molecule has 0 fully saturated rings. The molecule has 1 heterocycles. The number of aromatic amines is 2. The fraction of sp³-hybridized carbons (Fsp3) is 0.167. The van der Waals surface area contributed by atoms with Crippen molar-refractivity contribution in [3.63, 3.8) is 0 Å². The van der Waals surface area contributed by atoms with E-state index in [9.17, 15) is 9.59 Å². The number of benzene rings is 2. The molecule has 0 unspecified atom stereocenters. The number of carbonyl (C=O) groups is 1. The molecule has 6 heteroatoms.